The first-order chi connectivity index (χ1) is 9.72. The Morgan fingerprint density at radius 2 is 2.10 bits per heavy atom. The Morgan fingerprint density at radius 1 is 1.25 bits per heavy atom. The monoisotopic (exact) mass is 271 g/mol. The molecule has 0 fully saturated rings. The van der Waals surface area contributed by atoms with Crippen LogP contribution in [0.2, 0.25) is 0 Å². The number of rotatable bonds is 4. The topological polar surface area (TPSA) is 21.3 Å². The molecule has 2 aromatic rings. The summed E-state index contributed by atoms with van der Waals surface area (Å²) >= 11 is 0. The van der Waals surface area contributed by atoms with Gasteiger partial charge in [0.2, 0.25) is 0 Å². The molecule has 0 saturated carbocycles. The molecule has 0 amide bonds. The summed E-state index contributed by atoms with van der Waals surface area (Å²) < 4.78 is 19.1. The molecule has 0 radical (unpaired) electrons. The summed E-state index contributed by atoms with van der Waals surface area (Å²) in [7, 11) is 0. The van der Waals surface area contributed by atoms with Crippen LogP contribution in [0.4, 0.5) is 4.39 Å². The van der Waals surface area contributed by atoms with Crippen molar-refractivity contribution in [3.8, 4) is 5.75 Å². The Hall–Kier alpha value is -1.87. The lowest BCUT2D eigenvalue weighted by molar-refractivity contribution is 0.227. The molecule has 0 aliphatic carbocycles. The Bertz CT molecular complexity index is 587. The maximum atomic E-state index is 13.2. The highest BCUT2D eigenvalue weighted by Gasteiger charge is 2.21. The van der Waals surface area contributed by atoms with Crippen LogP contribution in [0, 0.1) is 12.7 Å². The molecule has 0 aromatic heterocycles. The van der Waals surface area contributed by atoms with Crippen molar-refractivity contribution in [1.82, 2.24) is 5.32 Å². The Labute approximate surface area is 118 Å². The molecule has 1 unspecified atom stereocenters. The van der Waals surface area contributed by atoms with Crippen LogP contribution in [0.1, 0.15) is 16.7 Å². The third-order valence-corrected chi connectivity index (χ3v) is 3.71. The standard InChI is InChI=1S/C17H18FNO/c1-12-6-7-15(18)8-14(12)10-19-11-16-9-13-4-2-3-5-17(13)20-16/h2-8,16,19H,9-11H2,1H3. The summed E-state index contributed by atoms with van der Waals surface area (Å²) in [4.78, 5) is 0. The summed E-state index contributed by atoms with van der Waals surface area (Å²) in [6, 6.07) is 13.0. The molecule has 3 heteroatoms. The van der Waals surface area contributed by atoms with Gasteiger partial charge in [0, 0.05) is 19.5 Å². The first kappa shape index (κ1) is 13.1. The summed E-state index contributed by atoms with van der Waals surface area (Å²) in [5, 5.41) is 3.35. The van der Waals surface area contributed by atoms with Gasteiger partial charge in [-0.2, -0.15) is 0 Å². The van der Waals surface area contributed by atoms with Gasteiger partial charge in [-0.1, -0.05) is 24.3 Å². The van der Waals surface area contributed by atoms with Crippen LogP contribution >= 0.6 is 0 Å². The van der Waals surface area contributed by atoms with E-state index in [-0.39, 0.29) is 11.9 Å². The highest BCUT2D eigenvalue weighted by molar-refractivity contribution is 5.37. The van der Waals surface area contributed by atoms with Crippen molar-refractivity contribution in [2.75, 3.05) is 6.54 Å². The maximum absolute atomic E-state index is 13.2. The van der Waals surface area contributed by atoms with Gasteiger partial charge < -0.3 is 10.1 Å². The Morgan fingerprint density at radius 3 is 2.95 bits per heavy atom. The number of benzene rings is 2. The fourth-order valence-electron chi connectivity index (χ4n) is 2.57. The van der Waals surface area contributed by atoms with Crippen LogP contribution in [0.15, 0.2) is 42.5 Å². The molecule has 20 heavy (non-hydrogen) atoms. The van der Waals surface area contributed by atoms with Crippen LogP contribution < -0.4 is 10.1 Å². The van der Waals surface area contributed by atoms with Gasteiger partial charge in [0.1, 0.15) is 17.7 Å². The van der Waals surface area contributed by atoms with E-state index >= 15 is 0 Å². The molecule has 1 atom stereocenters. The summed E-state index contributed by atoms with van der Waals surface area (Å²) in [5.74, 6) is 0.804. The van der Waals surface area contributed by atoms with Gasteiger partial charge >= 0.3 is 0 Å². The van der Waals surface area contributed by atoms with Crippen LogP contribution in [0.25, 0.3) is 0 Å². The molecule has 0 bridgehead atoms. The predicted octanol–water partition coefficient (Wildman–Crippen LogP) is 3.23. The highest BCUT2D eigenvalue weighted by atomic mass is 19.1. The second-order valence-electron chi connectivity index (χ2n) is 5.25. The lowest BCUT2D eigenvalue weighted by atomic mass is 10.1. The number of ether oxygens (including phenoxy) is 1. The SMILES string of the molecule is Cc1ccc(F)cc1CNCC1Cc2ccccc2O1. The van der Waals surface area contributed by atoms with Crippen molar-refractivity contribution < 1.29 is 9.13 Å². The van der Waals surface area contributed by atoms with Crippen molar-refractivity contribution >= 4 is 0 Å². The minimum absolute atomic E-state index is 0.168. The van der Waals surface area contributed by atoms with Gasteiger partial charge in [-0.25, -0.2) is 4.39 Å². The fraction of sp³-hybridized carbons (Fsp3) is 0.294. The van der Waals surface area contributed by atoms with Gasteiger partial charge in [0.15, 0.2) is 0 Å². The lowest BCUT2D eigenvalue weighted by Crippen LogP contribution is -2.29. The second kappa shape index (κ2) is 5.63. The van der Waals surface area contributed by atoms with Gasteiger partial charge in [-0.15, -0.1) is 0 Å². The van der Waals surface area contributed by atoms with Crippen molar-refractivity contribution in [3.63, 3.8) is 0 Å². The van der Waals surface area contributed by atoms with Crippen molar-refractivity contribution in [2.45, 2.75) is 26.0 Å². The molecular weight excluding hydrogens is 253 g/mol. The van der Waals surface area contributed by atoms with E-state index in [1.54, 1.807) is 6.07 Å². The second-order valence-corrected chi connectivity index (χ2v) is 5.25. The van der Waals surface area contributed by atoms with Gasteiger partial charge in [-0.05, 0) is 41.8 Å². The molecule has 2 nitrogen and oxygen atoms in total. The van der Waals surface area contributed by atoms with E-state index in [1.165, 1.54) is 11.6 Å². The first-order valence-corrected chi connectivity index (χ1v) is 6.92. The van der Waals surface area contributed by atoms with Gasteiger partial charge in [0.25, 0.3) is 0 Å². The number of aryl methyl sites for hydroxylation is 1. The average molecular weight is 271 g/mol. The molecule has 1 aliphatic heterocycles. The molecule has 0 spiro atoms. The molecule has 1 heterocycles. The van der Waals surface area contributed by atoms with E-state index in [1.807, 2.05) is 31.2 Å². The third-order valence-electron chi connectivity index (χ3n) is 3.71. The minimum Gasteiger partial charge on any atom is -0.488 e. The maximum Gasteiger partial charge on any atom is 0.123 e. The normalized spacial score (nSPS) is 16.8. The van der Waals surface area contributed by atoms with E-state index in [4.69, 9.17) is 4.74 Å². The Balaban J connectivity index is 1.53. The highest BCUT2D eigenvalue weighted by Crippen LogP contribution is 2.27. The number of fused-ring (bicyclic) bond motifs is 1. The zero-order valence-electron chi connectivity index (χ0n) is 11.5. The van der Waals surface area contributed by atoms with E-state index in [0.29, 0.717) is 6.54 Å². The zero-order chi connectivity index (χ0) is 13.9. The lowest BCUT2D eigenvalue weighted by Gasteiger charge is -2.13. The number of para-hydroxylation sites is 1. The quantitative estimate of drug-likeness (QED) is 0.922. The predicted molar refractivity (Wildman–Crippen MR) is 77.4 cm³/mol. The van der Waals surface area contributed by atoms with Crippen LogP contribution in [-0.4, -0.2) is 12.6 Å². The van der Waals surface area contributed by atoms with E-state index in [0.717, 1.165) is 29.8 Å². The van der Waals surface area contributed by atoms with Crippen LogP contribution in [0.5, 0.6) is 5.75 Å². The molecule has 1 aliphatic rings. The largest absolute Gasteiger partial charge is 0.488 e. The van der Waals surface area contributed by atoms with Crippen LogP contribution in [0.3, 0.4) is 0 Å². The first-order valence-electron chi connectivity index (χ1n) is 6.92. The third kappa shape index (κ3) is 2.83. The molecule has 3 rings (SSSR count). The van der Waals surface area contributed by atoms with Crippen molar-refractivity contribution in [3.05, 3.63) is 65.0 Å². The molecular formula is C17H18FNO. The van der Waals surface area contributed by atoms with E-state index in [9.17, 15) is 4.39 Å². The smallest absolute Gasteiger partial charge is 0.123 e. The van der Waals surface area contributed by atoms with Crippen molar-refractivity contribution in [2.24, 2.45) is 0 Å². The van der Waals surface area contributed by atoms with E-state index in [2.05, 4.69) is 11.4 Å². The van der Waals surface area contributed by atoms with Gasteiger partial charge in [-0.3, -0.25) is 0 Å². The van der Waals surface area contributed by atoms with Crippen LogP contribution in [-0.2, 0) is 13.0 Å². The van der Waals surface area contributed by atoms with E-state index < -0.39 is 0 Å². The number of nitrogens with one attached hydrogen (secondary N) is 1. The van der Waals surface area contributed by atoms with Gasteiger partial charge in [0.05, 0.1) is 0 Å². The Kier molecular flexibility index (Phi) is 3.70. The number of halogens is 1. The van der Waals surface area contributed by atoms with Crippen molar-refractivity contribution in [1.29, 1.82) is 0 Å². The molecule has 2 aromatic carbocycles. The number of hydrogen-bond acceptors (Lipinski definition) is 2. The number of hydrogen-bond donors (Lipinski definition) is 1. The zero-order valence-corrected chi connectivity index (χ0v) is 11.5. The molecule has 104 valence electrons. The summed E-state index contributed by atoms with van der Waals surface area (Å²) in [6.45, 7) is 3.43. The summed E-state index contributed by atoms with van der Waals surface area (Å²) in [6.07, 6.45) is 1.10. The molecule has 0 saturated heterocycles. The summed E-state index contributed by atoms with van der Waals surface area (Å²) in [5.41, 5.74) is 3.37. The minimum atomic E-state index is -0.183. The molecule has 1 N–H and O–H groups in total. The fourth-order valence-corrected chi connectivity index (χ4v) is 2.57. The average Bonchev–Trinajstić information content (AvgIpc) is 2.85.